The van der Waals surface area contributed by atoms with Crippen molar-refractivity contribution < 1.29 is 8.42 Å². The molecule has 5 heteroatoms. The van der Waals surface area contributed by atoms with Crippen LogP contribution < -0.4 is 10.5 Å². The topological polar surface area (TPSA) is 72.2 Å². The van der Waals surface area contributed by atoms with Crippen LogP contribution in [0.3, 0.4) is 0 Å². The van der Waals surface area contributed by atoms with E-state index in [9.17, 15) is 8.42 Å². The molecule has 3 N–H and O–H groups in total. The highest BCUT2D eigenvalue weighted by atomic mass is 32.2. The molecule has 0 heterocycles. The SMILES string of the molecule is C#CC(CCC)NS(=O)(=O)c1ccc(N)cc1. The van der Waals surface area contributed by atoms with Crippen LogP contribution in [0.15, 0.2) is 29.2 Å². The molecule has 0 aliphatic heterocycles. The number of hydrogen-bond acceptors (Lipinski definition) is 3. The average Bonchev–Trinajstić information content (AvgIpc) is 2.28. The molecule has 0 aliphatic carbocycles. The minimum Gasteiger partial charge on any atom is -0.399 e. The highest BCUT2D eigenvalue weighted by Gasteiger charge is 2.17. The van der Waals surface area contributed by atoms with E-state index in [4.69, 9.17) is 12.2 Å². The predicted octanol–water partition coefficient (Wildman–Crippen LogP) is 1.35. The minimum absolute atomic E-state index is 0.169. The van der Waals surface area contributed by atoms with Crippen molar-refractivity contribution in [1.82, 2.24) is 4.72 Å². The summed E-state index contributed by atoms with van der Waals surface area (Å²) >= 11 is 0. The second kappa shape index (κ2) is 5.71. The van der Waals surface area contributed by atoms with E-state index in [-0.39, 0.29) is 4.90 Å². The Kier molecular flexibility index (Phi) is 4.55. The van der Waals surface area contributed by atoms with Crippen molar-refractivity contribution in [1.29, 1.82) is 0 Å². The Morgan fingerprint density at radius 1 is 1.41 bits per heavy atom. The Labute approximate surface area is 102 Å². The molecule has 92 valence electrons. The molecule has 1 unspecified atom stereocenters. The molecule has 1 rings (SSSR count). The third kappa shape index (κ3) is 3.77. The lowest BCUT2D eigenvalue weighted by Crippen LogP contribution is -2.33. The first-order valence-corrected chi connectivity index (χ1v) is 6.82. The Balaban J connectivity index is 2.89. The van der Waals surface area contributed by atoms with Gasteiger partial charge in [0.25, 0.3) is 0 Å². The van der Waals surface area contributed by atoms with Gasteiger partial charge < -0.3 is 5.73 Å². The molecule has 0 aromatic heterocycles. The monoisotopic (exact) mass is 252 g/mol. The van der Waals surface area contributed by atoms with Crippen molar-refractivity contribution in [2.75, 3.05) is 5.73 Å². The number of nitrogen functional groups attached to an aromatic ring is 1. The summed E-state index contributed by atoms with van der Waals surface area (Å²) in [5.41, 5.74) is 6.02. The van der Waals surface area contributed by atoms with Gasteiger partial charge in [-0.2, -0.15) is 4.72 Å². The molecule has 0 fully saturated rings. The van der Waals surface area contributed by atoms with E-state index in [1.54, 1.807) is 12.1 Å². The van der Waals surface area contributed by atoms with E-state index in [2.05, 4.69) is 10.6 Å². The molecule has 1 aromatic rings. The Hall–Kier alpha value is -1.51. The van der Waals surface area contributed by atoms with Gasteiger partial charge in [-0.25, -0.2) is 8.42 Å². The number of sulfonamides is 1. The molecule has 0 aliphatic rings. The van der Waals surface area contributed by atoms with Crippen molar-refractivity contribution in [3.05, 3.63) is 24.3 Å². The summed E-state index contributed by atoms with van der Waals surface area (Å²) in [6.07, 6.45) is 6.71. The molecule has 0 bridgehead atoms. The normalized spacial score (nSPS) is 12.9. The molecule has 17 heavy (non-hydrogen) atoms. The predicted molar refractivity (Wildman–Crippen MR) is 68.7 cm³/mol. The van der Waals surface area contributed by atoms with Gasteiger partial charge in [-0.3, -0.25) is 0 Å². The fourth-order valence-corrected chi connectivity index (χ4v) is 2.56. The van der Waals surface area contributed by atoms with Crippen molar-refractivity contribution in [2.24, 2.45) is 0 Å². The van der Waals surface area contributed by atoms with Crippen LogP contribution in [0.5, 0.6) is 0 Å². The van der Waals surface area contributed by atoms with E-state index >= 15 is 0 Å². The van der Waals surface area contributed by atoms with Crippen LogP contribution in [-0.4, -0.2) is 14.5 Å². The fraction of sp³-hybridized carbons (Fsp3) is 0.333. The first-order valence-electron chi connectivity index (χ1n) is 5.33. The lowest BCUT2D eigenvalue weighted by Gasteiger charge is -2.12. The van der Waals surface area contributed by atoms with Gasteiger partial charge in [-0.05, 0) is 30.7 Å². The molecular weight excluding hydrogens is 236 g/mol. The molecule has 1 aromatic carbocycles. The first-order chi connectivity index (χ1) is 7.99. The third-order valence-corrected chi connectivity index (χ3v) is 3.75. The standard InChI is InChI=1S/C12H16N2O2S/c1-3-5-11(4-2)14-17(15,16)12-8-6-10(13)7-9-12/h2,6-9,11,14H,3,5,13H2,1H3. The maximum atomic E-state index is 11.9. The maximum Gasteiger partial charge on any atom is 0.241 e. The summed E-state index contributed by atoms with van der Waals surface area (Å²) in [5.74, 6) is 2.43. The van der Waals surface area contributed by atoms with Crippen molar-refractivity contribution in [3.8, 4) is 12.3 Å². The summed E-state index contributed by atoms with van der Waals surface area (Å²) in [6.45, 7) is 1.95. The number of anilines is 1. The second-order valence-electron chi connectivity index (χ2n) is 3.70. The molecule has 0 radical (unpaired) electrons. The van der Waals surface area contributed by atoms with Gasteiger partial charge in [-0.1, -0.05) is 19.3 Å². The summed E-state index contributed by atoms with van der Waals surface area (Å²) in [5, 5.41) is 0. The summed E-state index contributed by atoms with van der Waals surface area (Å²) in [7, 11) is -3.56. The third-order valence-electron chi connectivity index (χ3n) is 2.27. The number of nitrogens with two attached hydrogens (primary N) is 1. The zero-order valence-electron chi connectivity index (χ0n) is 9.68. The lowest BCUT2D eigenvalue weighted by atomic mass is 10.2. The van der Waals surface area contributed by atoms with Gasteiger partial charge >= 0.3 is 0 Å². The molecule has 0 saturated carbocycles. The van der Waals surface area contributed by atoms with E-state index in [0.717, 1.165) is 6.42 Å². The lowest BCUT2D eigenvalue weighted by molar-refractivity contribution is 0.564. The van der Waals surface area contributed by atoms with E-state index in [1.165, 1.54) is 12.1 Å². The van der Waals surface area contributed by atoms with Crippen molar-refractivity contribution in [3.63, 3.8) is 0 Å². The van der Waals surface area contributed by atoms with Crippen molar-refractivity contribution in [2.45, 2.75) is 30.7 Å². The highest BCUT2D eigenvalue weighted by molar-refractivity contribution is 7.89. The van der Waals surface area contributed by atoms with Crippen LogP contribution in [0.1, 0.15) is 19.8 Å². The van der Waals surface area contributed by atoms with Gasteiger partial charge in [0, 0.05) is 5.69 Å². The quantitative estimate of drug-likeness (QED) is 0.613. The van der Waals surface area contributed by atoms with Crippen LogP contribution in [0.2, 0.25) is 0 Å². The fourth-order valence-electron chi connectivity index (χ4n) is 1.37. The van der Waals surface area contributed by atoms with Gasteiger partial charge in [0.2, 0.25) is 10.0 Å². The van der Waals surface area contributed by atoms with Crippen molar-refractivity contribution >= 4 is 15.7 Å². The van der Waals surface area contributed by atoms with Gasteiger partial charge in [0.1, 0.15) is 0 Å². The smallest absolute Gasteiger partial charge is 0.241 e. The highest BCUT2D eigenvalue weighted by Crippen LogP contribution is 2.12. The van der Waals surface area contributed by atoms with Crippen LogP contribution in [0.25, 0.3) is 0 Å². The van der Waals surface area contributed by atoms with Crippen LogP contribution in [0.4, 0.5) is 5.69 Å². The van der Waals surface area contributed by atoms with Crippen LogP contribution in [0, 0.1) is 12.3 Å². The molecule has 0 amide bonds. The van der Waals surface area contributed by atoms with Crippen LogP contribution >= 0.6 is 0 Å². The zero-order valence-corrected chi connectivity index (χ0v) is 10.5. The number of benzene rings is 1. The number of terminal acetylenes is 1. The second-order valence-corrected chi connectivity index (χ2v) is 5.41. The molecule has 0 spiro atoms. The van der Waals surface area contributed by atoms with E-state index in [0.29, 0.717) is 12.1 Å². The first kappa shape index (κ1) is 13.6. The van der Waals surface area contributed by atoms with E-state index in [1.807, 2.05) is 6.92 Å². The number of nitrogens with one attached hydrogen (secondary N) is 1. The summed E-state index contributed by atoms with van der Waals surface area (Å²) < 4.78 is 26.4. The minimum atomic E-state index is -3.56. The zero-order chi connectivity index (χ0) is 12.9. The van der Waals surface area contributed by atoms with Crippen LogP contribution in [-0.2, 0) is 10.0 Å². The Morgan fingerprint density at radius 2 is 2.00 bits per heavy atom. The van der Waals surface area contributed by atoms with Gasteiger partial charge in [-0.15, -0.1) is 6.42 Å². The van der Waals surface area contributed by atoms with Gasteiger partial charge in [0.15, 0.2) is 0 Å². The molecule has 1 atom stereocenters. The Morgan fingerprint density at radius 3 is 2.47 bits per heavy atom. The molecule has 0 saturated heterocycles. The largest absolute Gasteiger partial charge is 0.399 e. The molecular formula is C12H16N2O2S. The summed E-state index contributed by atoms with van der Waals surface area (Å²) in [6, 6.07) is 5.52. The molecule has 4 nitrogen and oxygen atoms in total. The number of rotatable bonds is 5. The number of hydrogen-bond donors (Lipinski definition) is 2. The van der Waals surface area contributed by atoms with Gasteiger partial charge in [0.05, 0.1) is 10.9 Å². The average molecular weight is 252 g/mol. The van der Waals surface area contributed by atoms with E-state index < -0.39 is 16.1 Å². The maximum absolute atomic E-state index is 11.9. The summed E-state index contributed by atoms with van der Waals surface area (Å²) in [4.78, 5) is 0.169. The Bertz CT molecular complexity index is 500.